The van der Waals surface area contributed by atoms with Crippen molar-refractivity contribution in [3.05, 3.63) is 65.0 Å². The van der Waals surface area contributed by atoms with Crippen molar-refractivity contribution >= 4 is 17.7 Å². The second-order valence-electron chi connectivity index (χ2n) is 6.71. The van der Waals surface area contributed by atoms with E-state index in [0.29, 0.717) is 49.1 Å². The Labute approximate surface area is 167 Å². The van der Waals surface area contributed by atoms with Crippen molar-refractivity contribution in [2.45, 2.75) is 18.6 Å². The summed E-state index contributed by atoms with van der Waals surface area (Å²) < 4.78 is 31.1. The van der Waals surface area contributed by atoms with Crippen LogP contribution in [-0.4, -0.2) is 42.9 Å². The van der Waals surface area contributed by atoms with E-state index >= 15 is 0 Å². The molecule has 2 aromatic rings. The highest BCUT2D eigenvalue weighted by Crippen LogP contribution is 2.37. The van der Waals surface area contributed by atoms with Gasteiger partial charge < -0.3 is 19.1 Å². The van der Waals surface area contributed by atoms with E-state index in [1.807, 2.05) is 35.2 Å². The number of halogens is 1. The van der Waals surface area contributed by atoms with E-state index < -0.39 is 6.29 Å². The highest BCUT2D eigenvalue weighted by molar-refractivity contribution is 7.99. The first-order valence-electron chi connectivity index (χ1n) is 9.28. The van der Waals surface area contributed by atoms with E-state index in [-0.39, 0.29) is 18.3 Å². The summed E-state index contributed by atoms with van der Waals surface area (Å²) in [6, 6.07) is 12.6. The Morgan fingerprint density at radius 1 is 1.18 bits per heavy atom. The number of fused-ring (bicyclic) bond motifs is 1. The van der Waals surface area contributed by atoms with E-state index in [0.717, 1.165) is 11.1 Å². The molecule has 4 rings (SSSR count). The number of hydrogen-bond donors (Lipinski definition) is 0. The standard InChI is InChI=1S/C21H22FNO4S/c22-18-10-16-12-26-21(15-4-2-1-3-5-15)27-20(16)17(11-18)13-28-14-19(24)23-6-8-25-9-7-23/h1-5,10-11,21H,6-9,12-14H2/t21-/m0/s1. The Balaban J connectivity index is 1.43. The summed E-state index contributed by atoms with van der Waals surface area (Å²) in [7, 11) is 0. The Morgan fingerprint density at radius 3 is 2.75 bits per heavy atom. The van der Waals surface area contributed by atoms with Crippen LogP contribution in [0.15, 0.2) is 42.5 Å². The molecule has 28 heavy (non-hydrogen) atoms. The van der Waals surface area contributed by atoms with Gasteiger partial charge in [-0.05, 0) is 12.1 Å². The molecule has 1 saturated heterocycles. The number of amides is 1. The molecule has 2 aliphatic heterocycles. The molecule has 0 spiro atoms. The summed E-state index contributed by atoms with van der Waals surface area (Å²) >= 11 is 1.47. The molecule has 1 amide bonds. The van der Waals surface area contributed by atoms with Crippen LogP contribution in [0.5, 0.6) is 5.75 Å². The molecule has 0 radical (unpaired) electrons. The number of benzene rings is 2. The van der Waals surface area contributed by atoms with E-state index in [4.69, 9.17) is 14.2 Å². The molecular weight excluding hydrogens is 381 g/mol. The molecule has 2 aliphatic rings. The van der Waals surface area contributed by atoms with Crippen molar-refractivity contribution in [3.63, 3.8) is 0 Å². The molecule has 0 bridgehead atoms. The zero-order valence-electron chi connectivity index (χ0n) is 15.4. The van der Waals surface area contributed by atoms with Crippen LogP contribution >= 0.6 is 11.8 Å². The molecule has 2 heterocycles. The zero-order valence-corrected chi connectivity index (χ0v) is 16.3. The van der Waals surface area contributed by atoms with Crippen molar-refractivity contribution in [2.75, 3.05) is 32.1 Å². The summed E-state index contributed by atoms with van der Waals surface area (Å²) in [6.45, 7) is 2.73. The predicted octanol–water partition coefficient (Wildman–Crippen LogP) is 3.53. The smallest absolute Gasteiger partial charge is 0.232 e. The second-order valence-corrected chi connectivity index (χ2v) is 7.70. The Morgan fingerprint density at radius 2 is 1.96 bits per heavy atom. The normalized spacial score (nSPS) is 19.0. The van der Waals surface area contributed by atoms with E-state index in [1.54, 1.807) is 0 Å². The second kappa shape index (κ2) is 8.94. The van der Waals surface area contributed by atoms with Crippen LogP contribution in [-0.2, 0) is 26.6 Å². The van der Waals surface area contributed by atoms with Crippen LogP contribution in [0, 0.1) is 5.82 Å². The highest BCUT2D eigenvalue weighted by Gasteiger charge is 2.25. The summed E-state index contributed by atoms with van der Waals surface area (Å²) in [6.07, 6.45) is -0.516. The van der Waals surface area contributed by atoms with Crippen molar-refractivity contribution < 1.29 is 23.4 Å². The maximum atomic E-state index is 14.0. The first-order valence-corrected chi connectivity index (χ1v) is 10.4. The Kier molecular flexibility index (Phi) is 6.14. The maximum absolute atomic E-state index is 14.0. The van der Waals surface area contributed by atoms with Gasteiger partial charge in [-0.15, -0.1) is 11.8 Å². The van der Waals surface area contributed by atoms with Gasteiger partial charge in [0.25, 0.3) is 0 Å². The predicted molar refractivity (Wildman–Crippen MR) is 105 cm³/mol. The molecule has 0 aromatic heterocycles. The molecule has 7 heteroatoms. The quantitative estimate of drug-likeness (QED) is 0.765. The fraction of sp³-hybridized carbons (Fsp3) is 0.381. The molecule has 1 fully saturated rings. The first kappa shape index (κ1) is 19.2. The van der Waals surface area contributed by atoms with E-state index in [1.165, 1.54) is 23.9 Å². The highest BCUT2D eigenvalue weighted by atomic mass is 32.2. The minimum atomic E-state index is -0.516. The van der Waals surface area contributed by atoms with Gasteiger partial charge in [0.1, 0.15) is 11.6 Å². The number of nitrogens with zero attached hydrogens (tertiary/aromatic N) is 1. The molecule has 148 valence electrons. The molecule has 0 N–H and O–H groups in total. The van der Waals surface area contributed by atoms with Crippen LogP contribution in [0.25, 0.3) is 0 Å². The molecule has 0 aliphatic carbocycles. The Bertz CT molecular complexity index is 827. The van der Waals surface area contributed by atoms with Crippen LogP contribution < -0.4 is 4.74 Å². The number of morpholine rings is 1. The fourth-order valence-corrected chi connectivity index (χ4v) is 4.20. The average molecular weight is 403 g/mol. The maximum Gasteiger partial charge on any atom is 0.232 e. The summed E-state index contributed by atoms with van der Waals surface area (Å²) in [5.41, 5.74) is 2.36. The van der Waals surface area contributed by atoms with Gasteiger partial charge in [-0.3, -0.25) is 4.79 Å². The molecule has 0 saturated carbocycles. The zero-order chi connectivity index (χ0) is 19.3. The largest absolute Gasteiger partial charge is 0.460 e. The van der Waals surface area contributed by atoms with E-state index in [2.05, 4.69) is 0 Å². The van der Waals surface area contributed by atoms with Gasteiger partial charge in [0.05, 0.1) is 25.6 Å². The van der Waals surface area contributed by atoms with Crippen LogP contribution in [0.2, 0.25) is 0 Å². The third-order valence-electron chi connectivity index (χ3n) is 4.74. The van der Waals surface area contributed by atoms with Crippen molar-refractivity contribution in [3.8, 4) is 5.75 Å². The summed E-state index contributed by atoms with van der Waals surface area (Å²) in [4.78, 5) is 14.1. The monoisotopic (exact) mass is 403 g/mol. The average Bonchev–Trinajstić information content (AvgIpc) is 2.74. The summed E-state index contributed by atoms with van der Waals surface area (Å²) in [5.74, 6) is 1.28. The van der Waals surface area contributed by atoms with Gasteiger partial charge in [-0.2, -0.15) is 0 Å². The van der Waals surface area contributed by atoms with Gasteiger partial charge in [0, 0.05) is 35.5 Å². The lowest BCUT2D eigenvalue weighted by Crippen LogP contribution is -2.41. The number of hydrogen-bond acceptors (Lipinski definition) is 5. The van der Waals surface area contributed by atoms with Crippen molar-refractivity contribution in [1.29, 1.82) is 0 Å². The number of carbonyl (C=O) groups is 1. The lowest BCUT2D eigenvalue weighted by Gasteiger charge is -2.29. The van der Waals surface area contributed by atoms with Crippen LogP contribution in [0.3, 0.4) is 0 Å². The lowest BCUT2D eigenvalue weighted by molar-refractivity contribution is -0.132. The van der Waals surface area contributed by atoms with Gasteiger partial charge >= 0.3 is 0 Å². The molecule has 1 atom stereocenters. The summed E-state index contributed by atoms with van der Waals surface area (Å²) in [5, 5.41) is 0. The van der Waals surface area contributed by atoms with Crippen LogP contribution in [0.4, 0.5) is 4.39 Å². The molecular formula is C21H22FNO4S. The number of carbonyl (C=O) groups excluding carboxylic acids is 1. The minimum Gasteiger partial charge on any atom is -0.460 e. The van der Waals surface area contributed by atoms with Crippen molar-refractivity contribution in [2.24, 2.45) is 0 Å². The van der Waals surface area contributed by atoms with Gasteiger partial charge in [0.15, 0.2) is 0 Å². The van der Waals surface area contributed by atoms with Gasteiger partial charge in [0.2, 0.25) is 12.2 Å². The third kappa shape index (κ3) is 4.48. The molecule has 2 aromatic carbocycles. The first-order chi connectivity index (χ1) is 13.7. The third-order valence-corrected chi connectivity index (χ3v) is 5.71. The van der Waals surface area contributed by atoms with Gasteiger partial charge in [-0.1, -0.05) is 30.3 Å². The molecule has 0 unspecified atom stereocenters. The topological polar surface area (TPSA) is 48.0 Å². The lowest BCUT2D eigenvalue weighted by atomic mass is 10.1. The fourth-order valence-electron chi connectivity index (χ4n) is 3.31. The van der Waals surface area contributed by atoms with Crippen molar-refractivity contribution in [1.82, 2.24) is 4.90 Å². The Hall–Kier alpha value is -2.09. The van der Waals surface area contributed by atoms with Gasteiger partial charge in [-0.25, -0.2) is 4.39 Å². The minimum absolute atomic E-state index is 0.0879. The number of thioether (sulfide) groups is 1. The number of rotatable bonds is 5. The van der Waals surface area contributed by atoms with E-state index in [9.17, 15) is 9.18 Å². The SMILES string of the molecule is O=C(CSCc1cc(F)cc2c1O[C@@H](c1ccccc1)OC2)N1CCOCC1. The van der Waals surface area contributed by atoms with Crippen LogP contribution in [0.1, 0.15) is 23.0 Å². The molecule has 5 nitrogen and oxygen atoms in total. The number of ether oxygens (including phenoxy) is 3.